The summed E-state index contributed by atoms with van der Waals surface area (Å²) >= 11 is 5.36. The van der Waals surface area contributed by atoms with Gasteiger partial charge in [0.2, 0.25) is 0 Å². The van der Waals surface area contributed by atoms with Crippen molar-refractivity contribution in [1.82, 2.24) is 0 Å². The van der Waals surface area contributed by atoms with Gasteiger partial charge in [-0.2, -0.15) is 0 Å². The van der Waals surface area contributed by atoms with Crippen molar-refractivity contribution in [3.63, 3.8) is 0 Å². The van der Waals surface area contributed by atoms with Gasteiger partial charge in [-0.15, -0.1) is 0 Å². The van der Waals surface area contributed by atoms with Crippen LogP contribution in [0.2, 0.25) is 0 Å². The van der Waals surface area contributed by atoms with Crippen LogP contribution in [-0.4, -0.2) is 5.17 Å². The summed E-state index contributed by atoms with van der Waals surface area (Å²) in [5.74, 6) is 0.877. The van der Waals surface area contributed by atoms with E-state index < -0.39 is 0 Å². The van der Waals surface area contributed by atoms with Gasteiger partial charge >= 0.3 is 0 Å². The fraction of sp³-hybridized carbons (Fsp3) is 0.261. The van der Waals surface area contributed by atoms with Crippen LogP contribution in [-0.2, 0) is 10.2 Å². The molecule has 0 atom stereocenters. The summed E-state index contributed by atoms with van der Waals surface area (Å²) in [6.07, 6.45) is 5.98. The van der Waals surface area contributed by atoms with E-state index in [-0.39, 0.29) is 5.41 Å². The monoisotopic (exact) mass is 378 g/mol. The molecule has 3 rings (SSSR count). The average Bonchev–Trinajstić information content (AvgIpc) is 2.66. The molecule has 0 aromatic heterocycles. The number of hydrogen-bond acceptors (Lipinski definition) is 3. The Balaban J connectivity index is 1.67. The molecular weight excluding hydrogens is 352 g/mol. The molecule has 2 aromatic rings. The Bertz CT molecular complexity index is 898. The third kappa shape index (κ3) is 4.58. The number of rotatable bonds is 4. The van der Waals surface area contributed by atoms with Gasteiger partial charge in [0.05, 0.1) is 0 Å². The fourth-order valence-corrected chi connectivity index (χ4v) is 3.51. The highest BCUT2D eigenvalue weighted by Crippen LogP contribution is 2.37. The summed E-state index contributed by atoms with van der Waals surface area (Å²) < 4.78 is 5.85. The van der Waals surface area contributed by atoms with Gasteiger partial charge in [0.1, 0.15) is 5.76 Å². The summed E-state index contributed by atoms with van der Waals surface area (Å²) in [4.78, 5) is 0. The molecule has 3 nitrogen and oxygen atoms in total. The van der Waals surface area contributed by atoms with Crippen molar-refractivity contribution in [2.75, 3.05) is 11.1 Å². The van der Waals surface area contributed by atoms with Gasteiger partial charge < -0.3 is 15.8 Å². The number of nitrogens with two attached hydrogens (primary N) is 1. The van der Waals surface area contributed by atoms with E-state index in [4.69, 9.17) is 22.7 Å². The van der Waals surface area contributed by atoms with Gasteiger partial charge in [-0.25, -0.2) is 0 Å². The van der Waals surface area contributed by atoms with Crippen molar-refractivity contribution in [1.29, 1.82) is 0 Å². The summed E-state index contributed by atoms with van der Waals surface area (Å²) in [5, 5.41) is 3.48. The second kappa shape index (κ2) is 7.97. The number of anilines is 2. The number of nitrogen functional groups attached to an aromatic ring is 1. The highest BCUT2D eigenvalue weighted by molar-refractivity contribution is 7.80. The third-order valence-corrected chi connectivity index (χ3v) is 5.32. The summed E-state index contributed by atoms with van der Waals surface area (Å²) in [6, 6.07) is 16.3. The summed E-state index contributed by atoms with van der Waals surface area (Å²) in [6.45, 7) is 6.54. The highest BCUT2D eigenvalue weighted by atomic mass is 32.1. The van der Waals surface area contributed by atoms with Crippen LogP contribution in [0, 0.1) is 6.92 Å². The molecule has 27 heavy (non-hydrogen) atoms. The summed E-state index contributed by atoms with van der Waals surface area (Å²) in [7, 11) is 0. The van der Waals surface area contributed by atoms with Crippen molar-refractivity contribution in [2.45, 2.75) is 39.0 Å². The smallest absolute Gasteiger partial charge is 0.266 e. The largest absolute Gasteiger partial charge is 0.436 e. The van der Waals surface area contributed by atoms with Gasteiger partial charge in [-0.1, -0.05) is 61.9 Å². The maximum Gasteiger partial charge on any atom is 0.266 e. The van der Waals surface area contributed by atoms with E-state index in [2.05, 4.69) is 55.6 Å². The number of thiocarbonyl (C=S) groups is 1. The molecule has 0 heterocycles. The van der Waals surface area contributed by atoms with E-state index >= 15 is 0 Å². The molecule has 4 heteroatoms. The third-order valence-electron chi connectivity index (χ3n) is 5.13. The second-order valence-corrected chi connectivity index (χ2v) is 7.78. The normalized spacial score (nSPS) is 14.2. The average molecular weight is 379 g/mol. The number of aryl methyl sites for hydroxylation is 1. The minimum absolute atomic E-state index is 0.000721. The van der Waals surface area contributed by atoms with Crippen LogP contribution in [0.1, 0.15) is 37.8 Å². The van der Waals surface area contributed by atoms with Crippen molar-refractivity contribution >= 4 is 28.8 Å². The molecule has 140 valence electrons. The van der Waals surface area contributed by atoms with E-state index in [1.807, 2.05) is 31.2 Å². The summed E-state index contributed by atoms with van der Waals surface area (Å²) in [5.41, 5.74) is 11.2. The first-order valence-electron chi connectivity index (χ1n) is 9.17. The lowest BCUT2D eigenvalue weighted by Gasteiger charge is -2.31. The van der Waals surface area contributed by atoms with Crippen LogP contribution < -0.4 is 11.1 Å². The zero-order chi connectivity index (χ0) is 19.4. The second-order valence-electron chi connectivity index (χ2n) is 7.40. The Labute approximate surface area is 166 Å². The van der Waals surface area contributed by atoms with Gasteiger partial charge in [0.15, 0.2) is 0 Å². The van der Waals surface area contributed by atoms with E-state index in [1.54, 1.807) is 0 Å². The SMILES string of the molecule is Cc1ccc(N)cc1NC(=S)OC1=CC=C(C(C)(C)c2ccccc2)CC1. The molecule has 0 unspecified atom stereocenters. The van der Waals surface area contributed by atoms with Crippen molar-refractivity contribution in [3.8, 4) is 0 Å². The van der Waals surface area contributed by atoms with E-state index in [1.165, 1.54) is 11.1 Å². The molecule has 0 saturated heterocycles. The number of benzene rings is 2. The Morgan fingerprint density at radius 2 is 1.81 bits per heavy atom. The predicted octanol–water partition coefficient (Wildman–Crippen LogP) is 5.87. The van der Waals surface area contributed by atoms with E-state index in [0.717, 1.165) is 29.9 Å². The molecule has 1 aliphatic carbocycles. The van der Waals surface area contributed by atoms with Crippen LogP contribution in [0.4, 0.5) is 11.4 Å². The van der Waals surface area contributed by atoms with Crippen molar-refractivity contribution in [2.24, 2.45) is 0 Å². The topological polar surface area (TPSA) is 47.3 Å². The maximum atomic E-state index is 5.85. The fourth-order valence-electron chi connectivity index (χ4n) is 3.29. The Morgan fingerprint density at radius 3 is 2.48 bits per heavy atom. The molecule has 0 radical (unpaired) electrons. The first kappa shape index (κ1) is 19.2. The Hall–Kier alpha value is -2.59. The lowest BCUT2D eigenvalue weighted by Crippen LogP contribution is -2.22. The Morgan fingerprint density at radius 1 is 1.07 bits per heavy atom. The molecule has 0 aliphatic heterocycles. The lowest BCUT2D eigenvalue weighted by molar-refractivity contribution is 0.393. The molecule has 0 fully saturated rings. The van der Waals surface area contributed by atoms with Crippen molar-refractivity contribution < 1.29 is 4.74 Å². The number of hydrogen-bond donors (Lipinski definition) is 2. The lowest BCUT2D eigenvalue weighted by atomic mass is 9.74. The predicted molar refractivity (Wildman–Crippen MR) is 118 cm³/mol. The van der Waals surface area contributed by atoms with Gasteiger partial charge in [0.25, 0.3) is 5.17 Å². The maximum absolute atomic E-state index is 5.85. The van der Waals surface area contributed by atoms with Crippen LogP contribution in [0.25, 0.3) is 0 Å². The van der Waals surface area contributed by atoms with Crippen molar-refractivity contribution in [3.05, 3.63) is 83.1 Å². The number of ether oxygens (including phenoxy) is 1. The quantitative estimate of drug-likeness (QED) is 0.516. The van der Waals surface area contributed by atoms with Crippen LogP contribution in [0.3, 0.4) is 0 Å². The number of nitrogens with one attached hydrogen (secondary N) is 1. The van der Waals surface area contributed by atoms with Crippen LogP contribution >= 0.6 is 12.2 Å². The van der Waals surface area contributed by atoms with Crippen LogP contribution in [0.5, 0.6) is 0 Å². The minimum Gasteiger partial charge on any atom is -0.436 e. The molecule has 0 bridgehead atoms. The van der Waals surface area contributed by atoms with Crippen LogP contribution in [0.15, 0.2) is 72.0 Å². The minimum atomic E-state index is 0.000721. The number of allylic oxidation sites excluding steroid dienone is 4. The first-order valence-corrected chi connectivity index (χ1v) is 9.58. The molecule has 0 amide bonds. The zero-order valence-corrected chi connectivity index (χ0v) is 16.9. The van der Waals surface area contributed by atoms with Gasteiger partial charge in [-0.3, -0.25) is 0 Å². The first-order chi connectivity index (χ1) is 12.9. The molecule has 0 spiro atoms. The molecule has 0 saturated carbocycles. The zero-order valence-electron chi connectivity index (χ0n) is 16.1. The Kier molecular flexibility index (Phi) is 5.66. The molecule has 1 aliphatic rings. The van der Waals surface area contributed by atoms with E-state index in [9.17, 15) is 0 Å². The van der Waals surface area contributed by atoms with E-state index in [0.29, 0.717) is 10.9 Å². The van der Waals surface area contributed by atoms with Gasteiger partial charge in [0, 0.05) is 23.2 Å². The standard InChI is InChI=1S/C23H26N2OS/c1-16-9-12-19(24)15-21(16)25-22(27)26-20-13-10-18(11-14-20)23(2,3)17-7-5-4-6-8-17/h4-10,12-13,15H,11,14,24H2,1-3H3,(H,25,27). The molecule has 2 aromatic carbocycles. The highest BCUT2D eigenvalue weighted by Gasteiger charge is 2.26. The molecule has 3 N–H and O–H groups in total. The molecular formula is C23H26N2OS. The van der Waals surface area contributed by atoms with Gasteiger partial charge in [-0.05, 0) is 54.9 Å².